The number of allylic oxidation sites excluding steroid dienone is 5. The van der Waals surface area contributed by atoms with Crippen molar-refractivity contribution in [3.05, 3.63) is 48.7 Å². The van der Waals surface area contributed by atoms with Crippen molar-refractivity contribution in [2.24, 2.45) is 0 Å². The van der Waals surface area contributed by atoms with Crippen LogP contribution in [0.15, 0.2) is 48.7 Å². The van der Waals surface area contributed by atoms with Gasteiger partial charge in [-0.15, -0.1) is 0 Å². The molecule has 1 heterocycles. The van der Waals surface area contributed by atoms with Crippen LogP contribution in [-0.2, 0) is 0 Å². The Bertz CT molecular complexity index is 387. The van der Waals surface area contributed by atoms with E-state index in [4.69, 9.17) is 0 Å². The monoisotopic (exact) mass is 303 g/mol. The molecule has 0 atom stereocenters. The van der Waals surface area contributed by atoms with Crippen LogP contribution < -0.4 is 5.32 Å². The van der Waals surface area contributed by atoms with E-state index in [1.807, 2.05) is 13.1 Å². The molecule has 0 radical (unpaired) electrons. The number of unbranched alkanes of at least 4 members (excludes halogenated alkanes) is 1. The van der Waals surface area contributed by atoms with Gasteiger partial charge in [-0.05, 0) is 38.3 Å². The molecule has 1 saturated heterocycles. The fourth-order valence-corrected chi connectivity index (χ4v) is 2.77. The topological polar surface area (TPSA) is 18.5 Å². The number of hydrogen-bond donors (Lipinski definition) is 1. The summed E-state index contributed by atoms with van der Waals surface area (Å²) < 4.78 is 0. The van der Waals surface area contributed by atoms with Crippen molar-refractivity contribution in [2.75, 3.05) is 46.3 Å². The molecule has 0 aliphatic carbocycles. The molecule has 1 rings (SSSR count). The lowest BCUT2D eigenvalue weighted by molar-refractivity contribution is 0.138. The maximum Gasteiger partial charge on any atom is 0.0376 e. The molecule has 3 heteroatoms. The summed E-state index contributed by atoms with van der Waals surface area (Å²) >= 11 is 0. The maximum absolute atomic E-state index is 4.01. The summed E-state index contributed by atoms with van der Waals surface area (Å²) in [5.74, 6) is 0. The summed E-state index contributed by atoms with van der Waals surface area (Å²) in [6, 6.07) is 0. The Kier molecular flexibility index (Phi) is 9.60. The lowest BCUT2D eigenvalue weighted by Crippen LogP contribution is -2.47. The summed E-state index contributed by atoms with van der Waals surface area (Å²) in [6.45, 7) is 16.7. The van der Waals surface area contributed by atoms with E-state index in [2.05, 4.69) is 53.4 Å². The number of rotatable bonds is 10. The van der Waals surface area contributed by atoms with Crippen LogP contribution in [0.2, 0.25) is 0 Å². The van der Waals surface area contributed by atoms with Crippen molar-refractivity contribution in [1.82, 2.24) is 15.1 Å². The van der Waals surface area contributed by atoms with E-state index in [-0.39, 0.29) is 0 Å². The van der Waals surface area contributed by atoms with Gasteiger partial charge in [0.05, 0.1) is 0 Å². The molecule has 124 valence electrons. The highest BCUT2D eigenvalue weighted by molar-refractivity contribution is 5.22. The van der Waals surface area contributed by atoms with Crippen molar-refractivity contribution in [2.45, 2.75) is 26.2 Å². The third kappa shape index (κ3) is 7.62. The van der Waals surface area contributed by atoms with Gasteiger partial charge in [-0.3, -0.25) is 4.90 Å². The van der Waals surface area contributed by atoms with E-state index >= 15 is 0 Å². The highest BCUT2D eigenvalue weighted by Gasteiger charge is 2.16. The quantitative estimate of drug-likeness (QED) is 0.494. The van der Waals surface area contributed by atoms with E-state index in [9.17, 15) is 0 Å². The van der Waals surface area contributed by atoms with Crippen LogP contribution in [0.5, 0.6) is 0 Å². The fraction of sp³-hybridized carbons (Fsp3) is 0.579. The van der Waals surface area contributed by atoms with Crippen LogP contribution in [0.1, 0.15) is 26.2 Å². The number of nitrogens with zero attached hydrogens (tertiary/aromatic N) is 2. The minimum absolute atomic E-state index is 0.976. The zero-order valence-electron chi connectivity index (χ0n) is 14.5. The first-order valence-electron chi connectivity index (χ1n) is 8.44. The van der Waals surface area contributed by atoms with Gasteiger partial charge in [0.15, 0.2) is 0 Å². The minimum atomic E-state index is 0.976. The van der Waals surface area contributed by atoms with Gasteiger partial charge in [0, 0.05) is 45.5 Å². The maximum atomic E-state index is 4.01. The third-order valence-electron chi connectivity index (χ3n) is 4.14. The second-order valence-corrected chi connectivity index (χ2v) is 5.91. The van der Waals surface area contributed by atoms with E-state index in [0.717, 1.165) is 31.8 Å². The molecule has 0 amide bonds. The molecular weight excluding hydrogens is 270 g/mol. The molecule has 0 aromatic carbocycles. The zero-order chi connectivity index (χ0) is 16.2. The van der Waals surface area contributed by atoms with Gasteiger partial charge >= 0.3 is 0 Å². The van der Waals surface area contributed by atoms with Gasteiger partial charge in [0.2, 0.25) is 0 Å². The second kappa shape index (κ2) is 11.3. The van der Waals surface area contributed by atoms with Crippen LogP contribution in [0.25, 0.3) is 0 Å². The summed E-state index contributed by atoms with van der Waals surface area (Å²) in [5.41, 5.74) is 2.49. The first-order valence-corrected chi connectivity index (χ1v) is 8.44. The number of likely N-dealkylation sites (N-methyl/N-ethyl adjacent to an activating group) is 1. The van der Waals surface area contributed by atoms with Gasteiger partial charge in [-0.2, -0.15) is 0 Å². The molecular formula is C19H33N3. The number of piperazine rings is 1. The lowest BCUT2D eigenvalue weighted by atomic mass is 10.1. The van der Waals surface area contributed by atoms with Crippen LogP contribution in [0.3, 0.4) is 0 Å². The number of nitrogens with one attached hydrogen (secondary N) is 1. The molecule has 0 spiro atoms. The Morgan fingerprint density at radius 2 is 1.82 bits per heavy atom. The van der Waals surface area contributed by atoms with Gasteiger partial charge in [0.1, 0.15) is 0 Å². The van der Waals surface area contributed by atoms with Crippen molar-refractivity contribution in [3.63, 3.8) is 0 Å². The molecule has 1 fully saturated rings. The smallest absolute Gasteiger partial charge is 0.0376 e. The Morgan fingerprint density at radius 1 is 1.14 bits per heavy atom. The van der Waals surface area contributed by atoms with Crippen LogP contribution in [0.4, 0.5) is 0 Å². The first-order chi connectivity index (χ1) is 10.7. The lowest BCUT2D eigenvalue weighted by Gasteiger charge is -2.35. The molecule has 1 aliphatic heterocycles. The molecule has 3 nitrogen and oxygen atoms in total. The predicted octanol–water partition coefficient (Wildman–Crippen LogP) is 3.20. The Hall–Kier alpha value is -1.32. The van der Waals surface area contributed by atoms with E-state index in [0.29, 0.717) is 0 Å². The summed E-state index contributed by atoms with van der Waals surface area (Å²) in [4.78, 5) is 5.07. The largest absolute Gasteiger partial charge is 0.391 e. The van der Waals surface area contributed by atoms with Gasteiger partial charge in [-0.25, -0.2) is 0 Å². The van der Waals surface area contributed by atoms with E-state index in [1.54, 1.807) is 0 Å². The molecule has 0 aromatic rings. The molecule has 0 bridgehead atoms. The van der Waals surface area contributed by atoms with Crippen LogP contribution in [0, 0.1) is 0 Å². The molecule has 1 N–H and O–H groups in total. The van der Waals surface area contributed by atoms with Crippen molar-refractivity contribution >= 4 is 0 Å². The predicted molar refractivity (Wildman–Crippen MR) is 98.0 cm³/mol. The number of hydrogen-bond acceptors (Lipinski definition) is 3. The van der Waals surface area contributed by atoms with Crippen LogP contribution in [-0.4, -0.2) is 56.1 Å². The SMILES string of the molecule is C=C/C=C(\C=C/C)CCCCN1CCN(CC(=C)NC)CC1. The molecule has 22 heavy (non-hydrogen) atoms. The summed E-state index contributed by atoms with van der Waals surface area (Å²) in [6.07, 6.45) is 12.0. The van der Waals surface area contributed by atoms with Crippen LogP contribution >= 0.6 is 0 Å². The van der Waals surface area contributed by atoms with E-state index < -0.39 is 0 Å². The molecule has 1 aliphatic rings. The van der Waals surface area contributed by atoms with Gasteiger partial charge in [0.25, 0.3) is 0 Å². The van der Waals surface area contributed by atoms with Gasteiger partial charge in [-0.1, -0.05) is 37.5 Å². The fourth-order valence-electron chi connectivity index (χ4n) is 2.77. The Morgan fingerprint density at radius 3 is 2.41 bits per heavy atom. The van der Waals surface area contributed by atoms with Gasteiger partial charge < -0.3 is 10.2 Å². The average Bonchev–Trinajstić information content (AvgIpc) is 2.53. The Labute approximate surface area is 137 Å². The molecule has 0 saturated carbocycles. The second-order valence-electron chi connectivity index (χ2n) is 5.91. The molecule has 0 unspecified atom stereocenters. The summed E-state index contributed by atoms with van der Waals surface area (Å²) in [5, 5.41) is 3.13. The zero-order valence-corrected chi connectivity index (χ0v) is 14.5. The molecule has 0 aromatic heterocycles. The van der Waals surface area contributed by atoms with Crippen molar-refractivity contribution in [3.8, 4) is 0 Å². The highest BCUT2D eigenvalue weighted by atomic mass is 15.3. The third-order valence-corrected chi connectivity index (χ3v) is 4.14. The van der Waals surface area contributed by atoms with E-state index in [1.165, 1.54) is 38.0 Å². The van der Waals surface area contributed by atoms with Crippen molar-refractivity contribution in [1.29, 1.82) is 0 Å². The standard InChI is InChI=1S/C19H33N3/c1-5-9-19(10-6-2)11-7-8-12-21-13-15-22(16-14-21)17-18(3)20-4/h5-6,9-10,20H,1,3,7-8,11-17H2,2,4H3/b10-6-,19-9+. The van der Waals surface area contributed by atoms with Crippen molar-refractivity contribution < 1.29 is 0 Å². The summed E-state index contributed by atoms with van der Waals surface area (Å²) in [7, 11) is 1.95. The Balaban J connectivity index is 2.16. The highest BCUT2D eigenvalue weighted by Crippen LogP contribution is 2.11. The minimum Gasteiger partial charge on any atom is -0.391 e. The normalized spacial score (nSPS) is 17.8. The average molecular weight is 303 g/mol. The first kappa shape index (κ1) is 18.7.